The number of amides is 2. The highest BCUT2D eigenvalue weighted by atomic mass is 32.2. The first kappa shape index (κ1) is 29.3. The Morgan fingerprint density at radius 3 is 2.37 bits per heavy atom. The number of aryl methyl sites for hydroxylation is 1. The molecule has 0 bridgehead atoms. The zero-order chi connectivity index (χ0) is 27.7. The van der Waals surface area contributed by atoms with Gasteiger partial charge in [-0.05, 0) is 44.4 Å². The maximum atomic E-state index is 13.4. The molecule has 2 aromatic carbocycles. The van der Waals surface area contributed by atoms with Gasteiger partial charge in [-0.15, -0.1) is 0 Å². The van der Waals surface area contributed by atoms with Gasteiger partial charge in [0, 0.05) is 32.1 Å². The first-order valence-corrected chi connectivity index (χ1v) is 14.9. The van der Waals surface area contributed by atoms with Gasteiger partial charge >= 0.3 is 0 Å². The number of carbonyl (C=O) groups is 2. The molecule has 0 saturated carbocycles. The topological polar surface area (TPSA) is 105 Å². The van der Waals surface area contributed by atoms with Crippen LogP contribution in [0.1, 0.15) is 50.7 Å². The van der Waals surface area contributed by atoms with Gasteiger partial charge in [-0.3, -0.25) is 13.9 Å². The minimum absolute atomic E-state index is 0.0923. The quantitative estimate of drug-likeness (QED) is 0.385. The molecule has 1 aliphatic heterocycles. The van der Waals surface area contributed by atoms with E-state index in [4.69, 9.17) is 9.47 Å². The van der Waals surface area contributed by atoms with Gasteiger partial charge in [0.1, 0.15) is 19.3 Å². The van der Waals surface area contributed by atoms with Crippen molar-refractivity contribution in [1.82, 2.24) is 10.2 Å². The maximum absolute atomic E-state index is 13.4. The lowest BCUT2D eigenvalue weighted by atomic mass is 10.1. The number of nitrogens with zero attached hydrogens (tertiary/aromatic N) is 2. The molecule has 2 amide bonds. The van der Waals surface area contributed by atoms with Crippen LogP contribution in [-0.2, 0) is 26.2 Å². The first-order chi connectivity index (χ1) is 18.1. The molecule has 1 heterocycles. The van der Waals surface area contributed by atoms with Gasteiger partial charge in [-0.1, -0.05) is 43.2 Å². The summed E-state index contributed by atoms with van der Waals surface area (Å²) in [5, 5.41) is 2.91. The van der Waals surface area contributed by atoms with Crippen LogP contribution in [0.3, 0.4) is 0 Å². The summed E-state index contributed by atoms with van der Waals surface area (Å²) in [6.07, 6.45) is 3.34. The number of carbonyl (C=O) groups excluding carboxylic acids is 2. The normalized spacial score (nSPS) is 13.5. The maximum Gasteiger partial charge on any atom is 0.242 e. The Kier molecular flexibility index (Phi) is 10.4. The lowest BCUT2D eigenvalue weighted by molar-refractivity contribution is -0.140. The van der Waals surface area contributed by atoms with Crippen LogP contribution in [0.4, 0.5) is 5.69 Å². The summed E-state index contributed by atoms with van der Waals surface area (Å²) in [5.74, 6) is 0.652. The van der Waals surface area contributed by atoms with Crippen molar-refractivity contribution < 1.29 is 27.5 Å². The highest BCUT2D eigenvalue weighted by Crippen LogP contribution is 2.34. The van der Waals surface area contributed by atoms with Gasteiger partial charge in [0.05, 0.1) is 11.9 Å². The standard InChI is InChI=1S/C28H39N3O6S/c1-5-6-15-29-28(33)22(3)30(20-23-11-9-21(2)10-12-23)27(32)8-7-16-31(38(4,34)35)24-13-14-25-26(19-24)37-18-17-36-25/h9-14,19,22H,5-8,15-18,20H2,1-4H3,(H,29,33). The Hall–Kier alpha value is -3.27. The van der Waals surface area contributed by atoms with Crippen LogP contribution >= 0.6 is 0 Å². The smallest absolute Gasteiger partial charge is 0.242 e. The summed E-state index contributed by atoms with van der Waals surface area (Å²) < 4.78 is 37.6. The third-order valence-corrected chi connectivity index (χ3v) is 7.63. The van der Waals surface area contributed by atoms with Crippen molar-refractivity contribution in [2.24, 2.45) is 0 Å². The molecule has 0 aromatic heterocycles. The van der Waals surface area contributed by atoms with Crippen LogP contribution in [-0.4, -0.2) is 63.7 Å². The third-order valence-electron chi connectivity index (χ3n) is 6.44. The average Bonchev–Trinajstić information content (AvgIpc) is 2.89. The average molecular weight is 546 g/mol. The molecular formula is C28H39N3O6S. The number of unbranched alkanes of at least 4 members (excludes halogenated alkanes) is 1. The van der Waals surface area contributed by atoms with Crippen molar-refractivity contribution >= 4 is 27.5 Å². The molecule has 1 unspecified atom stereocenters. The van der Waals surface area contributed by atoms with Gasteiger partial charge in [-0.2, -0.15) is 0 Å². The van der Waals surface area contributed by atoms with Gasteiger partial charge in [0.15, 0.2) is 11.5 Å². The van der Waals surface area contributed by atoms with Crippen LogP contribution < -0.4 is 19.1 Å². The highest BCUT2D eigenvalue weighted by Gasteiger charge is 2.27. The zero-order valence-corrected chi connectivity index (χ0v) is 23.6. The van der Waals surface area contributed by atoms with Crippen molar-refractivity contribution in [2.75, 3.05) is 36.9 Å². The van der Waals surface area contributed by atoms with Crippen LogP contribution in [0.25, 0.3) is 0 Å². The molecule has 0 radical (unpaired) electrons. The van der Waals surface area contributed by atoms with E-state index in [9.17, 15) is 18.0 Å². The van der Waals surface area contributed by atoms with Crippen LogP contribution in [0.5, 0.6) is 11.5 Å². The molecule has 1 atom stereocenters. The van der Waals surface area contributed by atoms with Gasteiger partial charge in [0.2, 0.25) is 21.8 Å². The van der Waals surface area contributed by atoms with E-state index in [1.165, 1.54) is 4.31 Å². The lowest BCUT2D eigenvalue weighted by Gasteiger charge is -2.29. The van der Waals surface area contributed by atoms with Crippen LogP contribution in [0.2, 0.25) is 0 Å². The summed E-state index contributed by atoms with van der Waals surface area (Å²) >= 11 is 0. The predicted molar refractivity (Wildman–Crippen MR) is 148 cm³/mol. The molecule has 3 rings (SSSR count). The van der Waals surface area contributed by atoms with E-state index in [2.05, 4.69) is 5.32 Å². The second-order valence-corrected chi connectivity index (χ2v) is 11.5. The van der Waals surface area contributed by atoms with Crippen LogP contribution in [0, 0.1) is 6.92 Å². The van der Waals surface area contributed by atoms with E-state index in [0.29, 0.717) is 43.5 Å². The van der Waals surface area contributed by atoms with E-state index >= 15 is 0 Å². The van der Waals surface area contributed by atoms with E-state index in [-0.39, 0.29) is 31.2 Å². The second-order valence-electron chi connectivity index (χ2n) is 9.59. The first-order valence-electron chi connectivity index (χ1n) is 13.1. The molecule has 38 heavy (non-hydrogen) atoms. The Bertz CT molecular complexity index is 1200. The Morgan fingerprint density at radius 1 is 1.03 bits per heavy atom. The highest BCUT2D eigenvalue weighted by molar-refractivity contribution is 7.92. The number of ether oxygens (including phenoxy) is 2. The van der Waals surface area contributed by atoms with Crippen molar-refractivity contribution in [2.45, 2.75) is 59.0 Å². The summed E-state index contributed by atoms with van der Waals surface area (Å²) in [6.45, 7) is 7.57. The molecule has 1 aliphatic rings. The fourth-order valence-electron chi connectivity index (χ4n) is 4.20. The largest absolute Gasteiger partial charge is 0.486 e. The number of sulfonamides is 1. The SMILES string of the molecule is CCCCNC(=O)C(C)N(Cc1ccc(C)cc1)C(=O)CCCN(c1ccc2c(c1)OCCO2)S(C)(=O)=O. The summed E-state index contributed by atoms with van der Waals surface area (Å²) in [7, 11) is -3.61. The molecule has 1 N–H and O–H groups in total. The van der Waals surface area contributed by atoms with Crippen molar-refractivity contribution in [3.8, 4) is 11.5 Å². The number of nitrogens with one attached hydrogen (secondary N) is 1. The molecule has 2 aromatic rings. The van der Waals surface area contributed by atoms with Crippen LogP contribution in [0.15, 0.2) is 42.5 Å². The fourth-order valence-corrected chi connectivity index (χ4v) is 5.16. The van der Waals surface area contributed by atoms with Crippen molar-refractivity contribution in [3.05, 3.63) is 53.6 Å². The Balaban J connectivity index is 1.71. The minimum atomic E-state index is -3.61. The Labute approximate surface area is 226 Å². The number of rotatable bonds is 13. The summed E-state index contributed by atoms with van der Waals surface area (Å²) in [4.78, 5) is 27.8. The molecule has 0 saturated heterocycles. The number of hydrogen-bond acceptors (Lipinski definition) is 6. The lowest BCUT2D eigenvalue weighted by Crippen LogP contribution is -2.48. The molecule has 208 valence electrons. The predicted octanol–water partition coefficient (Wildman–Crippen LogP) is 3.65. The van der Waals surface area contributed by atoms with E-state index in [1.54, 1.807) is 30.0 Å². The molecule has 10 heteroatoms. The third kappa shape index (κ3) is 8.11. The fraction of sp³-hybridized carbons (Fsp3) is 0.500. The van der Waals surface area contributed by atoms with E-state index < -0.39 is 16.1 Å². The van der Waals surface area contributed by atoms with Crippen molar-refractivity contribution in [3.63, 3.8) is 0 Å². The molecular weight excluding hydrogens is 506 g/mol. The number of anilines is 1. The van der Waals surface area contributed by atoms with Crippen molar-refractivity contribution in [1.29, 1.82) is 0 Å². The number of benzene rings is 2. The van der Waals surface area contributed by atoms with E-state index in [0.717, 1.165) is 30.2 Å². The second kappa shape index (κ2) is 13.5. The van der Waals surface area contributed by atoms with Gasteiger partial charge in [0.25, 0.3) is 0 Å². The van der Waals surface area contributed by atoms with Gasteiger partial charge < -0.3 is 19.7 Å². The zero-order valence-electron chi connectivity index (χ0n) is 22.7. The summed E-state index contributed by atoms with van der Waals surface area (Å²) in [5.41, 5.74) is 2.48. The molecule has 0 aliphatic carbocycles. The number of hydrogen-bond donors (Lipinski definition) is 1. The van der Waals surface area contributed by atoms with Gasteiger partial charge in [-0.25, -0.2) is 8.42 Å². The minimum Gasteiger partial charge on any atom is -0.486 e. The molecule has 9 nitrogen and oxygen atoms in total. The summed E-state index contributed by atoms with van der Waals surface area (Å²) in [6, 6.07) is 12.2. The van der Waals surface area contributed by atoms with E-state index in [1.807, 2.05) is 38.1 Å². The number of fused-ring (bicyclic) bond motifs is 1. The molecule has 0 fully saturated rings. The monoisotopic (exact) mass is 545 g/mol. The molecule has 0 spiro atoms. The Morgan fingerprint density at radius 2 is 1.71 bits per heavy atom.